The summed E-state index contributed by atoms with van der Waals surface area (Å²) < 4.78 is 14.4. The van der Waals surface area contributed by atoms with Crippen molar-refractivity contribution in [2.24, 2.45) is 17.8 Å². The standard InChI is InChI=1S/C24H27FN2O2/c1-23(2)22(28)26(21-15-9-14-10-16(21)13-24(29,11-14)12-15)27(23)20-8-7-19(25)17-5-3-4-6-18(17)20/h3-8,14-16,21,29H,9-13H2,1-2H3/t14?,15-,16-,21?,24?/m0/s1. The molecule has 7 rings (SSSR count). The number of hydrogen-bond donors (Lipinski definition) is 1. The molecule has 1 heterocycles. The molecule has 4 bridgehead atoms. The van der Waals surface area contributed by atoms with Crippen molar-refractivity contribution in [3.63, 3.8) is 0 Å². The van der Waals surface area contributed by atoms with Gasteiger partial charge in [0.15, 0.2) is 0 Å². The quantitative estimate of drug-likeness (QED) is 0.828. The van der Waals surface area contributed by atoms with E-state index >= 15 is 0 Å². The first-order valence-corrected chi connectivity index (χ1v) is 10.8. The fraction of sp³-hybridized carbons (Fsp3) is 0.542. The van der Waals surface area contributed by atoms with E-state index in [-0.39, 0.29) is 17.8 Å². The van der Waals surface area contributed by atoms with E-state index in [0.29, 0.717) is 23.1 Å². The summed E-state index contributed by atoms with van der Waals surface area (Å²) in [6.45, 7) is 3.90. The van der Waals surface area contributed by atoms with E-state index in [1.54, 1.807) is 6.07 Å². The molecule has 0 spiro atoms. The van der Waals surface area contributed by atoms with E-state index in [4.69, 9.17) is 0 Å². The van der Waals surface area contributed by atoms with Crippen molar-refractivity contribution < 1.29 is 14.3 Å². The Balaban J connectivity index is 1.45. The van der Waals surface area contributed by atoms with Crippen LogP contribution >= 0.6 is 0 Å². The number of carbonyl (C=O) groups is 1. The third-order valence-corrected chi connectivity index (χ3v) is 8.03. The number of aliphatic hydroxyl groups is 1. The van der Waals surface area contributed by atoms with Gasteiger partial charge in [0, 0.05) is 10.8 Å². The number of nitrogens with zero attached hydrogens (tertiary/aromatic N) is 2. The van der Waals surface area contributed by atoms with E-state index < -0.39 is 11.1 Å². The molecule has 5 aliphatic rings. The van der Waals surface area contributed by atoms with Crippen LogP contribution in [0.2, 0.25) is 0 Å². The molecule has 0 aromatic heterocycles. The molecule has 4 aliphatic carbocycles. The lowest BCUT2D eigenvalue weighted by molar-refractivity contribution is -0.190. The van der Waals surface area contributed by atoms with E-state index in [0.717, 1.165) is 43.2 Å². The summed E-state index contributed by atoms with van der Waals surface area (Å²) in [7, 11) is 0. The molecule has 2 atom stereocenters. The van der Waals surface area contributed by atoms with Crippen LogP contribution in [0.4, 0.5) is 10.1 Å². The summed E-state index contributed by atoms with van der Waals surface area (Å²) in [5.41, 5.74) is -0.296. The second kappa shape index (κ2) is 5.51. The van der Waals surface area contributed by atoms with E-state index in [1.165, 1.54) is 6.07 Å². The Labute approximate surface area is 170 Å². The third kappa shape index (κ3) is 2.25. The van der Waals surface area contributed by atoms with Crippen molar-refractivity contribution >= 4 is 22.4 Å². The summed E-state index contributed by atoms with van der Waals surface area (Å²) in [5, 5.41) is 16.4. The first kappa shape index (κ1) is 17.7. The van der Waals surface area contributed by atoms with Crippen molar-refractivity contribution in [1.82, 2.24) is 5.01 Å². The summed E-state index contributed by atoms with van der Waals surface area (Å²) >= 11 is 0. The molecule has 0 unspecified atom stereocenters. The molecule has 2 aromatic rings. The molecule has 152 valence electrons. The zero-order valence-corrected chi connectivity index (χ0v) is 16.9. The van der Waals surface area contributed by atoms with Crippen LogP contribution in [-0.2, 0) is 4.79 Å². The predicted molar refractivity (Wildman–Crippen MR) is 110 cm³/mol. The highest BCUT2D eigenvalue weighted by Crippen LogP contribution is 2.59. The van der Waals surface area contributed by atoms with Gasteiger partial charge in [-0.1, -0.05) is 24.3 Å². The fourth-order valence-electron chi connectivity index (χ4n) is 7.16. The molecule has 0 radical (unpaired) electrons. The van der Waals surface area contributed by atoms with Crippen LogP contribution in [0.25, 0.3) is 10.8 Å². The third-order valence-electron chi connectivity index (χ3n) is 8.03. The number of hydrogen-bond acceptors (Lipinski definition) is 3. The van der Waals surface area contributed by atoms with Gasteiger partial charge in [-0.2, -0.15) is 0 Å². The maximum Gasteiger partial charge on any atom is 0.268 e. The van der Waals surface area contributed by atoms with Crippen LogP contribution in [0.1, 0.15) is 46.0 Å². The van der Waals surface area contributed by atoms with E-state index in [2.05, 4.69) is 5.01 Å². The van der Waals surface area contributed by atoms with Crippen molar-refractivity contribution in [2.75, 3.05) is 5.01 Å². The monoisotopic (exact) mass is 394 g/mol. The second-order valence-corrected chi connectivity index (χ2v) is 10.3. The first-order chi connectivity index (χ1) is 13.8. The van der Waals surface area contributed by atoms with Crippen molar-refractivity contribution in [2.45, 2.75) is 63.1 Å². The topological polar surface area (TPSA) is 43.8 Å². The average molecular weight is 394 g/mol. The van der Waals surface area contributed by atoms with Crippen molar-refractivity contribution in [3.05, 3.63) is 42.2 Å². The molecular weight excluding hydrogens is 367 g/mol. The molecule has 4 saturated carbocycles. The molecule has 5 heteroatoms. The minimum absolute atomic E-state index is 0.135. The van der Waals surface area contributed by atoms with Crippen LogP contribution in [0.3, 0.4) is 0 Å². The molecule has 2 aromatic carbocycles. The summed E-state index contributed by atoms with van der Waals surface area (Å²) in [5.74, 6) is 1.19. The summed E-state index contributed by atoms with van der Waals surface area (Å²) in [6, 6.07) is 10.9. The van der Waals surface area contributed by atoms with Crippen molar-refractivity contribution in [3.8, 4) is 0 Å². The lowest BCUT2D eigenvalue weighted by Crippen LogP contribution is -2.81. The maximum absolute atomic E-state index is 14.4. The zero-order valence-electron chi connectivity index (χ0n) is 16.9. The minimum Gasteiger partial charge on any atom is -0.390 e. The Morgan fingerprint density at radius 1 is 1.00 bits per heavy atom. The number of fused-ring (bicyclic) bond motifs is 1. The molecule has 1 N–H and O–H groups in total. The normalized spacial score (nSPS) is 37.3. The van der Waals surface area contributed by atoms with Gasteiger partial charge in [-0.15, -0.1) is 0 Å². The van der Waals surface area contributed by atoms with E-state index in [9.17, 15) is 14.3 Å². The highest BCUT2D eigenvalue weighted by Gasteiger charge is 2.63. The average Bonchev–Trinajstić information content (AvgIpc) is 2.67. The van der Waals surface area contributed by atoms with Crippen LogP contribution in [0.5, 0.6) is 0 Å². The molecule has 4 nitrogen and oxygen atoms in total. The van der Waals surface area contributed by atoms with Gasteiger partial charge < -0.3 is 5.11 Å². The number of halogens is 1. The van der Waals surface area contributed by atoms with Crippen molar-refractivity contribution in [1.29, 1.82) is 0 Å². The number of amides is 1. The molecular formula is C24H27FN2O2. The fourth-order valence-corrected chi connectivity index (χ4v) is 7.16. The van der Waals surface area contributed by atoms with Gasteiger partial charge in [-0.05, 0) is 75.8 Å². The summed E-state index contributed by atoms with van der Waals surface area (Å²) in [4.78, 5) is 13.3. The first-order valence-electron chi connectivity index (χ1n) is 10.8. The van der Waals surface area contributed by atoms with Gasteiger partial charge >= 0.3 is 0 Å². The Morgan fingerprint density at radius 3 is 2.31 bits per heavy atom. The lowest BCUT2D eigenvalue weighted by Gasteiger charge is -2.67. The van der Waals surface area contributed by atoms with Gasteiger partial charge in [-0.3, -0.25) is 9.80 Å². The smallest absolute Gasteiger partial charge is 0.268 e. The summed E-state index contributed by atoms with van der Waals surface area (Å²) in [6.07, 6.45) is 4.73. The zero-order chi connectivity index (χ0) is 20.1. The predicted octanol–water partition coefficient (Wildman–Crippen LogP) is 4.26. The molecule has 1 saturated heterocycles. The number of benzene rings is 2. The van der Waals surface area contributed by atoms with Crippen LogP contribution in [-0.4, -0.2) is 33.2 Å². The highest BCUT2D eigenvalue weighted by molar-refractivity contribution is 6.03. The Morgan fingerprint density at radius 2 is 1.66 bits per heavy atom. The SMILES string of the molecule is CC1(C)C(=O)N(C2[C@H]3CC4C[C@H]2CC(O)(C4)C3)N1c1ccc(F)c2ccccc12. The van der Waals surface area contributed by atoms with E-state index in [1.807, 2.05) is 43.1 Å². The van der Waals surface area contributed by atoms with Crippen LogP contribution in [0.15, 0.2) is 36.4 Å². The van der Waals surface area contributed by atoms with Crippen LogP contribution in [0, 0.1) is 23.6 Å². The van der Waals surface area contributed by atoms with Gasteiger partial charge in [0.05, 0.1) is 17.3 Å². The highest BCUT2D eigenvalue weighted by atomic mass is 19.1. The molecule has 1 aliphatic heterocycles. The van der Waals surface area contributed by atoms with Gasteiger partial charge in [-0.25, -0.2) is 9.40 Å². The minimum atomic E-state index is -0.661. The number of hydrazine groups is 1. The lowest BCUT2D eigenvalue weighted by atomic mass is 9.52. The Kier molecular flexibility index (Phi) is 3.36. The van der Waals surface area contributed by atoms with Gasteiger partial charge in [0.25, 0.3) is 5.91 Å². The molecule has 1 amide bonds. The van der Waals surface area contributed by atoms with Crippen LogP contribution < -0.4 is 5.01 Å². The van der Waals surface area contributed by atoms with Gasteiger partial charge in [0.1, 0.15) is 11.4 Å². The second-order valence-electron chi connectivity index (χ2n) is 10.3. The van der Waals surface area contributed by atoms with Gasteiger partial charge in [0.2, 0.25) is 0 Å². The Bertz CT molecular complexity index is 1020. The number of rotatable bonds is 2. The number of carbonyl (C=O) groups excluding carboxylic acids is 1. The largest absolute Gasteiger partial charge is 0.390 e. The molecule has 5 fully saturated rings. The molecule has 29 heavy (non-hydrogen) atoms. The number of anilines is 1. The Hall–Kier alpha value is -2.14. The maximum atomic E-state index is 14.4.